The van der Waals surface area contributed by atoms with Gasteiger partial charge in [-0.3, -0.25) is 28.8 Å². The summed E-state index contributed by atoms with van der Waals surface area (Å²) in [6.07, 6.45) is 0. The van der Waals surface area contributed by atoms with Crippen LogP contribution >= 0.6 is 31.9 Å². The first-order chi connectivity index (χ1) is 26.2. The maximum Gasteiger partial charge on any atom is 0.293 e. The van der Waals surface area contributed by atoms with Gasteiger partial charge in [-0.25, -0.2) is 0 Å². The summed E-state index contributed by atoms with van der Waals surface area (Å²) in [5, 5.41) is 15.7. The molecule has 0 bridgehead atoms. The van der Waals surface area contributed by atoms with Crippen LogP contribution in [-0.4, -0.2) is 14.1 Å². The number of nitrogen functional groups attached to an aromatic ring is 1. The summed E-state index contributed by atoms with van der Waals surface area (Å²) < 4.78 is 17.0. The maximum atomic E-state index is 13.4. The van der Waals surface area contributed by atoms with Crippen molar-refractivity contribution < 1.29 is 13.8 Å². The van der Waals surface area contributed by atoms with E-state index in [-0.39, 0.29) is 22.5 Å². The normalized spacial score (nSPS) is 11.5. The van der Waals surface area contributed by atoms with Gasteiger partial charge < -0.3 is 14.6 Å². The predicted molar refractivity (Wildman–Crippen MR) is 220 cm³/mol. The van der Waals surface area contributed by atoms with Crippen LogP contribution in [0.1, 0.15) is 0 Å². The quantitative estimate of drug-likeness (QED) is 0.106. The van der Waals surface area contributed by atoms with E-state index < -0.39 is 4.92 Å². The second-order valence-corrected chi connectivity index (χ2v) is 14.3. The molecule has 0 aliphatic carbocycles. The lowest BCUT2D eigenvalue weighted by Crippen LogP contribution is -2.19. The van der Waals surface area contributed by atoms with Crippen LogP contribution in [0.15, 0.2) is 161 Å². The minimum absolute atomic E-state index is 0.117. The monoisotopic (exact) mass is 838 g/mol. The van der Waals surface area contributed by atoms with Gasteiger partial charge in [0.25, 0.3) is 16.8 Å². The summed E-state index contributed by atoms with van der Waals surface area (Å²) in [7, 11) is 0. The van der Waals surface area contributed by atoms with Gasteiger partial charge in [0.2, 0.25) is 0 Å². The van der Waals surface area contributed by atoms with E-state index in [2.05, 4.69) is 31.9 Å². The number of rotatable bonds is 3. The number of aromatic nitrogens is 2. The largest absolute Gasteiger partial charge is 0.454 e. The van der Waals surface area contributed by atoms with E-state index in [0.29, 0.717) is 55.2 Å². The van der Waals surface area contributed by atoms with Crippen LogP contribution in [-0.2, 0) is 0 Å². The molecule has 0 aliphatic heterocycles. The second kappa shape index (κ2) is 12.9. The SMILES string of the molecule is Nc1ccccc1-n1c(=O)c2ccccc2c2oc3ccc(Br)cc3c21.O=c1c2ccccc2c2oc3ccc(Br)cc3c2n1-c1ccccc1[N+](=O)[O-]. The summed E-state index contributed by atoms with van der Waals surface area (Å²) in [6.45, 7) is 0. The molecule has 0 amide bonds. The number of nitro benzene ring substituents is 1. The highest BCUT2D eigenvalue weighted by molar-refractivity contribution is 9.10. The van der Waals surface area contributed by atoms with Gasteiger partial charge in [-0.05, 0) is 66.7 Å². The molecular formula is C42H24Br2N4O6. The predicted octanol–water partition coefficient (Wildman–Crippen LogP) is 10.8. The molecular weight excluding hydrogens is 816 g/mol. The number of fused-ring (bicyclic) bond motifs is 10. The zero-order chi connectivity index (χ0) is 37.2. The fourth-order valence-corrected chi connectivity index (χ4v) is 7.78. The molecule has 262 valence electrons. The van der Waals surface area contributed by atoms with Gasteiger partial charge in [-0.1, -0.05) is 92.5 Å². The first kappa shape index (κ1) is 33.3. The van der Waals surface area contributed by atoms with Crippen molar-refractivity contribution in [3.8, 4) is 11.4 Å². The Morgan fingerprint density at radius 3 is 1.46 bits per heavy atom. The van der Waals surface area contributed by atoms with Crippen molar-refractivity contribution in [2.75, 3.05) is 5.73 Å². The van der Waals surface area contributed by atoms with E-state index in [4.69, 9.17) is 14.6 Å². The lowest BCUT2D eigenvalue weighted by molar-refractivity contribution is -0.384. The van der Waals surface area contributed by atoms with Crippen molar-refractivity contribution in [1.82, 2.24) is 9.13 Å². The van der Waals surface area contributed by atoms with Crippen molar-refractivity contribution in [2.24, 2.45) is 0 Å². The summed E-state index contributed by atoms with van der Waals surface area (Å²) >= 11 is 6.97. The van der Waals surface area contributed by atoms with Crippen LogP contribution in [0.3, 0.4) is 0 Å². The van der Waals surface area contributed by atoms with E-state index >= 15 is 0 Å². The number of anilines is 1. The Labute approximate surface area is 320 Å². The molecule has 0 saturated carbocycles. The van der Waals surface area contributed by atoms with Crippen LogP contribution in [0.5, 0.6) is 0 Å². The molecule has 12 heteroatoms. The molecule has 54 heavy (non-hydrogen) atoms. The third kappa shape index (κ3) is 5.21. The third-order valence-electron chi connectivity index (χ3n) is 9.40. The van der Waals surface area contributed by atoms with E-state index in [1.54, 1.807) is 41.0 Å². The second-order valence-electron chi connectivity index (χ2n) is 12.5. The minimum atomic E-state index is -0.485. The van der Waals surface area contributed by atoms with E-state index in [0.717, 1.165) is 30.8 Å². The van der Waals surface area contributed by atoms with Crippen molar-refractivity contribution in [3.05, 3.63) is 173 Å². The molecule has 10 nitrogen and oxygen atoms in total. The molecule has 10 rings (SSSR count). The molecule has 0 fully saturated rings. The topological polar surface area (TPSA) is 139 Å². The van der Waals surface area contributed by atoms with Gasteiger partial charge in [-0.15, -0.1) is 0 Å². The van der Waals surface area contributed by atoms with Gasteiger partial charge >= 0.3 is 0 Å². The molecule has 4 aromatic heterocycles. The Hall–Kier alpha value is -6.50. The smallest absolute Gasteiger partial charge is 0.293 e. The standard InChI is InChI=1S/C21H11BrN2O4.C21H13BrN2O2/c22-12-9-10-18-15(11-12)19-20(28-18)13-5-1-2-6-14(13)21(25)23(19)16-7-3-4-8-17(16)24(26)27;22-12-9-10-18-15(11-12)19-20(26-18)13-5-1-2-6-14(13)21(25)24(19)17-8-4-3-7-16(17)23/h1-11H;1-11H,23H2. The molecule has 6 aromatic carbocycles. The summed E-state index contributed by atoms with van der Waals surface area (Å²) in [5.41, 5.74) is 10.7. The number of nitrogens with zero attached hydrogens (tertiary/aromatic N) is 3. The van der Waals surface area contributed by atoms with E-state index in [1.807, 2.05) is 91.0 Å². The van der Waals surface area contributed by atoms with Crippen molar-refractivity contribution in [2.45, 2.75) is 0 Å². The number of hydrogen-bond acceptors (Lipinski definition) is 7. The van der Waals surface area contributed by atoms with Crippen LogP contribution in [0.4, 0.5) is 11.4 Å². The molecule has 0 unspecified atom stereocenters. The maximum absolute atomic E-state index is 13.4. The number of benzene rings is 6. The number of nitro groups is 1. The Kier molecular flexibility index (Phi) is 7.94. The third-order valence-corrected chi connectivity index (χ3v) is 10.4. The van der Waals surface area contributed by atoms with E-state index in [1.165, 1.54) is 10.6 Å². The lowest BCUT2D eigenvalue weighted by atomic mass is 10.1. The van der Waals surface area contributed by atoms with E-state index in [9.17, 15) is 19.7 Å². The number of para-hydroxylation sites is 4. The van der Waals surface area contributed by atoms with Gasteiger partial charge in [0.05, 0.1) is 27.1 Å². The summed E-state index contributed by atoms with van der Waals surface area (Å²) in [5.74, 6) is 0. The summed E-state index contributed by atoms with van der Waals surface area (Å²) in [4.78, 5) is 37.9. The molecule has 0 aliphatic rings. The molecule has 10 aromatic rings. The highest BCUT2D eigenvalue weighted by Gasteiger charge is 2.24. The fourth-order valence-electron chi connectivity index (χ4n) is 7.06. The molecule has 0 radical (unpaired) electrons. The Morgan fingerprint density at radius 1 is 0.537 bits per heavy atom. The number of halogens is 2. The number of hydrogen-bond donors (Lipinski definition) is 1. The fraction of sp³-hybridized carbons (Fsp3) is 0. The molecule has 0 spiro atoms. The van der Waals surface area contributed by atoms with Crippen molar-refractivity contribution in [3.63, 3.8) is 0 Å². The van der Waals surface area contributed by atoms with Gasteiger partial charge in [-0.2, -0.15) is 0 Å². The zero-order valence-corrected chi connectivity index (χ0v) is 31.0. The molecule has 2 N–H and O–H groups in total. The average molecular weight is 840 g/mol. The summed E-state index contributed by atoms with van der Waals surface area (Å²) in [6, 6.07) is 39.5. The van der Waals surface area contributed by atoms with Crippen LogP contribution in [0.25, 0.3) is 77.1 Å². The lowest BCUT2D eigenvalue weighted by Gasteiger charge is -2.12. The first-order valence-electron chi connectivity index (χ1n) is 16.6. The number of nitrogens with two attached hydrogens (primary N) is 1. The number of furan rings is 2. The Balaban J connectivity index is 0.000000143. The van der Waals surface area contributed by atoms with Crippen molar-refractivity contribution >= 4 is 109 Å². The first-order valence-corrected chi connectivity index (χ1v) is 18.2. The average Bonchev–Trinajstić information content (AvgIpc) is 3.75. The highest BCUT2D eigenvalue weighted by atomic mass is 79.9. The molecule has 0 atom stereocenters. The van der Waals surface area contributed by atoms with Crippen LogP contribution in [0.2, 0.25) is 0 Å². The van der Waals surface area contributed by atoms with Gasteiger partial charge in [0.1, 0.15) is 27.9 Å². The van der Waals surface area contributed by atoms with Crippen LogP contribution in [0, 0.1) is 10.1 Å². The Bertz CT molecular complexity index is 3310. The van der Waals surface area contributed by atoms with Crippen molar-refractivity contribution in [1.29, 1.82) is 0 Å². The van der Waals surface area contributed by atoms with Gasteiger partial charge in [0.15, 0.2) is 11.2 Å². The molecule has 4 heterocycles. The van der Waals surface area contributed by atoms with Crippen LogP contribution < -0.4 is 16.9 Å². The highest BCUT2D eigenvalue weighted by Crippen LogP contribution is 2.38. The van der Waals surface area contributed by atoms with Gasteiger partial charge in [0, 0.05) is 36.6 Å². The minimum Gasteiger partial charge on any atom is -0.454 e. The zero-order valence-electron chi connectivity index (χ0n) is 27.8. The number of pyridine rings is 2. The Morgan fingerprint density at radius 2 is 0.963 bits per heavy atom. The molecule has 0 saturated heterocycles.